The van der Waals surface area contributed by atoms with Gasteiger partial charge in [-0.1, -0.05) is 30.3 Å². The summed E-state index contributed by atoms with van der Waals surface area (Å²) in [7, 11) is 0. The van der Waals surface area contributed by atoms with Crippen molar-refractivity contribution < 1.29 is 4.79 Å². The number of nitrogens with zero attached hydrogens (tertiary/aromatic N) is 4. The number of amides is 1. The fourth-order valence-corrected chi connectivity index (χ4v) is 4.14. The molecule has 0 aliphatic carbocycles. The molecule has 27 heavy (non-hydrogen) atoms. The van der Waals surface area contributed by atoms with Crippen molar-refractivity contribution in [3.05, 3.63) is 71.5 Å². The van der Waals surface area contributed by atoms with Crippen LogP contribution in [0.5, 0.6) is 0 Å². The maximum atomic E-state index is 12.8. The van der Waals surface area contributed by atoms with Gasteiger partial charge in [0, 0.05) is 50.7 Å². The normalized spacial score (nSPS) is 15.0. The Labute approximate surface area is 163 Å². The van der Waals surface area contributed by atoms with E-state index in [1.165, 1.54) is 16.9 Å². The van der Waals surface area contributed by atoms with Gasteiger partial charge in [0.2, 0.25) is 0 Å². The summed E-state index contributed by atoms with van der Waals surface area (Å²) in [5.41, 5.74) is 2.36. The van der Waals surface area contributed by atoms with Gasteiger partial charge < -0.3 is 4.90 Å². The predicted octanol–water partition coefficient (Wildman–Crippen LogP) is 3.21. The van der Waals surface area contributed by atoms with Crippen molar-refractivity contribution >= 4 is 17.2 Å². The molecular weight excluding hydrogens is 356 g/mol. The van der Waals surface area contributed by atoms with Crippen LogP contribution < -0.4 is 0 Å². The van der Waals surface area contributed by atoms with Crippen molar-refractivity contribution in [1.82, 2.24) is 19.8 Å². The van der Waals surface area contributed by atoms with Crippen LogP contribution in [0.25, 0.3) is 10.6 Å². The zero-order valence-corrected chi connectivity index (χ0v) is 15.9. The van der Waals surface area contributed by atoms with E-state index in [1.54, 1.807) is 6.20 Å². The highest BCUT2D eigenvalue weighted by atomic mass is 32.1. The molecule has 1 aromatic carbocycles. The lowest BCUT2D eigenvalue weighted by atomic mass is 10.2. The highest BCUT2D eigenvalue weighted by Crippen LogP contribution is 2.26. The Bertz CT molecular complexity index is 873. The fraction of sp³-hybridized carbons (Fsp3) is 0.286. The summed E-state index contributed by atoms with van der Waals surface area (Å²) in [4.78, 5) is 26.4. The number of rotatable bonds is 5. The van der Waals surface area contributed by atoms with Crippen LogP contribution in [0.15, 0.2) is 61.1 Å². The molecule has 5 nitrogen and oxygen atoms in total. The third-order valence-electron chi connectivity index (χ3n) is 4.86. The minimum absolute atomic E-state index is 0.100. The molecule has 0 atom stereocenters. The van der Waals surface area contributed by atoms with Crippen LogP contribution in [-0.4, -0.2) is 58.4 Å². The number of hydrogen-bond acceptors (Lipinski definition) is 5. The van der Waals surface area contributed by atoms with E-state index in [2.05, 4.69) is 27.0 Å². The molecule has 1 aliphatic heterocycles. The molecule has 3 heterocycles. The topological polar surface area (TPSA) is 49.3 Å². The molecule has 3 aromatic rings. The third-order valence-corrected chi connectivity index (χ3v) is 5.90. The molecule has 0 radical (unpaired) electrons. The van der Waals surface area contributed by atoms with E-state index in [0.29, 0.717) is 0 Å². The second kappa shape index (κ2) is 8.41. The van der Waals surface area contributed by atoms with Gasteiger partial charge in [0.05, 0.1) is 6.20 Å². The Morgan fingerprint density at radius 1 is 1.00 bits per heavy atom. The standard InChI is InChI=1S/C21H22N4OS/c26-21(19-16-23-20(27-19)18-4-2-1-3-5-18)25-14-12-24(13-15-25)11-8-17-6-9-22-10-7-17/h1-7,9-10,16H,8,11-15H2. The molecule has 4 rings (SSSR count). The Balaban J connectivity index is 1.30. The number of pyridine rings is 1. The second-order valence-electron chi connectivity index (χ2n) is 6.63. The number of thiazole rings is 1. The molecule has 0 bridgehead atoms. The van der Waals surface area contributed by atoms with Gasteiger partial charge in [0.25, 0.3) is 5.91 Å². The molecule has 0 unspecified atom stereocenters. The molecular formula is C21H22N4OS. The molecule has 0 saturated carbocycles. The van der Waals surface area contributed by atoms with Gasteiger partial charge in [-0.25, -0.2) is 4.98 Å². The molecule has 1 amide bonds. The minimum atomic E-state index is 0.100. The van der Waals surface area contributed by atoms with E-state index in [4.69, 9.17) is 0 Å². The second-order valence-corrected chi connectivity index (χ2v) is 7.67. The molecule has 138 valence electrons. The number of hydrogen-bond donors (Lipinski definition) is 0. The van der Waals surface area contributed by atoms with Crippen molar-refractivity contribution in [2.24, 2.45) is 0 Å². The molecule has 2 aromatic heterocycles. The maximum absolute atomic E-state index is 12.8. The summed E-state index contributed by atoms with van der Waals surface area (Å²) in [6, 6.07) is 14.1. The summed E-state index contributed by atoms with van der Waals surface area (Å²) in [6.45, 7) is 4.40. The van der Waals surface area contributed by atoms with Crippen LogP contribution in [0.2, 0.25) is 0 Å². The first-order valence-corrected chi connectivity index (χ1v) is 10.0. The molecule has 1 saturated heterocycles. The van der Waals surface area contributed by atoms with Gasteiger partial charge in [-0.15, -0.1) is 11.3 Å². The number of aromatic nitrogens is 2. The lowest BCUT2D eigenvalue weighted by Gasteiger charge is -2.34. The summed E-state index contributed by atoms with van der Waals surface area (Å²) in [5.74, 6) is 0.100. The lowest BCUT2D eigenvalue weighted by molar-refractivity contribution is 0.0643. The summed E-state index contributed by atoms with van der Waals surface area (Å²) >= 11 is 1.47. The summed E-state index contributed by atoms with van der Waals surface area (Å²) in [6.07, 6.45) is 6.41. The van der Waals surface area contributed by atoms with Crippen molar-refractivity contribution in [1.29, 1.82) is 0 Å². The van der Waals surface area contributed by atoms with Gasteiger partial charge >= 0.3 is 0 Å². The number of piperazine rings is 1. The Morgan fingerprint density at radius 3 is 2.48 bits per heavy atom. The SMILES string of the molecule is O=C(c1cnc(-c2ccccc2)s1)N1CCN(CCc2ccncc2)CC1. The number of benzene rings is 1. The largest absolute Gasteiger partial charge is 0.335 e. The van der Waals surface area contributed by atoms with E-state index < -0.39 is 0 Å². The van der Waals surface area contributed by atoms with Crippen molar-refractivity contribution in [2.45, 2.75) is 6.42 Å². The van der Waals surface area contributed by atoms with Crippen molar-refractivity contribution in [3.8, 4) is 10.6 Å². The molecule has 0 spiro atoms. The van der Waals surface area contributed by atoms with Crippen LogP contribution in [0.1, 0.15) is 15.2 Å². The van der Waals surface area contributed by atoms with Gasteiger partial charge in [-0.2, -0.15) is 0 Å². The zero-order chi connectivity index (χ0) is 18.5. The van der Waals surface area contributed by atoms with E-state index in [9.17, 15) is 4.79 Å². The average Bonchev–Trinajstić information content (AvgIpc) is 3.24. The van der Waals surface area contributed by atoms with Crippen LogP contribution in [0, 0.1) is 0 Å². The van der Waals surface area contributed by atoms with Crippen LogP contribution in [0.3, 0.4) is 0 Å². The van der Waals surface area contributed by atoms with Gasteiger partial charge in [0.15, 0.2) is 0 Å². The van der Waals surface area contributed by atoms with E-state index >= 15 is 0 Å². The first-order valence-electron chi connectivity index (χ1n) is 9.21. The summed E-state index contributed by atoms with van der Waals surface area (Å²) in [5, 5.41) is 0.898. The van der Waals surface area contributed by atoms with E-state index in [-0.39, 0.29) is 5.91 Å². The smallest absolute Gasteiger partial charge is 0.265 e. The lowest BCUT2D eigenvalue weighted by Crippen LogP contribution is -2.49. The molecule has 6 heteroatoms. The minimum Gasteiger partial charge on any atom is -0.335 e. The highest BCUT2D eigenvalue weighted by molar-refractivity contribution is 7.16. The van der Waals surface area contributed by atoms with E-state index in [1.807, 2.05) is 47.6 Å². The van der Waals surface area contributed by atoms with Crippen LogP contribution in [-0.2, 0) is 6.42 Å². The Kier molecular flexibility index (Phi) is 5.55. The number of carbonyl (C=O) groups is 1. The zero-order valence-electron chi connectivity index (χ0n) is 15.1. The Morgan fingerprint density at radius 2 is 1.74 bits per heavy atom. The van der Waals surface area contributed by atoms with Crippen LogP contribution in [0.4, 0.5) is 0 Å². The maximum Gasteiger partial charge on any atom is 0.265 e. The van der Waals surface area contributed by atoms with Gasteiger partial charge in [0.1, 0.15) is 9.88 Å². The molecule has 0 N–H and O–H groups in total. The molecule has 1 aliphatic rings. The Hall–Kier alpha value is -2.57. The third kappa shape index (κ3) is 4.40. The number of carbonyl (C=O) groups excluding carboxylic acids is 1. The monoisotopic (exact) mass is 378 g/mol. The van der Waals surface area contributed by atoms with Gasteiger partial charge in [-0.05, 0) is 24.1 Å². The van der Waals surface area contributed by atoms with Gasteiger partial charge in [-0.3, -0.25) is 14.7 Å². The quantitative estimate of drug-likeness (QED) is 0.684. The molecule has 1 fully saturated rings. The van der Waals surface area contributed by atoms with E-state index in [0.717, 1.165) is 54.6 Å². The first-order chi connectivity index (χ1) is 13.3. The fourth-order valence-electron chi connectivity index (χ4n) is 3.25. The average molecular weight is 379 g/mol. The first kappa shape index (κ1) is 17.8. The summed E-state index contributed by atoms with van der Waals surface area (Å²) < 4.78 is 0. The highest BCUT2D eigenvalue weighted by Gasteiger charge is 2.23. The predicted molar refractivity (Wildman–Crippen MR) is 108 cm³/mol. The van der Waals surface area contributed by atoms with Crippen LogP contribution >= 0.6 is 11.3 Å². The van der Waals surface area contributed by atoms with Crippen molar-refractivity contribution in [3.63, 3.8) is 0 Å². The van der Waals surface area contributed by atoms with Crippen molar-refractivity contribution in [2.75, 3.05) is 32.7 Å².